The Kier molecular flexibility index (Phi) is 5.41. The standard InChI is InChI=1S/C17H20N2O4/c1-12(2)23-14-7-5-13(11-15(14)21-4)6-8-17(20)19(3)16-9-10-22-18-16/h5-12H,1-4H3/b8-6+. The Bertz CT molecular complexity index is 678. The number of rotatable bonds is 6. The Morgan fingerprint density at radius 3 is 2.70 bits per heavy atom. The van der Waals surface area contributed by atoms with Gasteiger partial charge in [-0.2, -0.15) is 0 Å². The van der Waals surface area contributed by atoms with Gasteiger partial charge in [0.05, 0.1) is 13.2 Å². The summed E-state index contributed by atoms with van der Waals surface area (Å²) in [6.07, 6.45) is 4.65. The van der Waals surface area contributed by atoms with Gasteiger partial charge in [-0.15, -0.1) is 0 Å². The quantitative estimate of drug-likeness (QED) is 0.766. The third-order valence-corrected chi connectivity index (χ3v) is 3.07. The summed E-state index contributed by atoms with van der Waals surface area (Å²) in [5.74, 6) is 1.54. The first-order valence-corrected chi connectivity index (χ1v) is 7.22. The van der Waals surface area contributed by atoms with Crippen molar-refractivity contribution in [3.05, 3.63) is 42.2 Å². The Labute approximate surface area is 135 Å². The van der Waals surface area contributed by atoms with Crippen LogP contribution in [0.5, 0.6) is 11.5 Å². The van der Waals surface area contributed by atoms with Gasteiger partial charge in [-0.1, -0.05) is 11.2 Å². The average molecular weight is 316 g/mol. The maximum atomic E-state index is 12.1. The van der Waals surface area contributed by atoms with Crippen LogP contribution in [-0.4, -0.2) is 31.3 Å². The molecule has 0 unspecified atom stereocenters. The van der Waals surface area contributed by atoms with Crippen molar-refractivity contribution in [2.24, 2.45) is 0 Å². The summed E-state index contributed by atoms with van der Waals surface area (Å²) in [6.45, 7) is 3.90. The third kappa shape index (κ3) is 4.35. The van der Waals surface area contributed by atoms with Crippen LogP contribution >= 0.6 is 0 Å². The number of carbonyl (C=O) groups is 1. The molecule has 122 valence electrons. The lowest BCUT2D eigenvalue weighted by atomic mass is 10.2. The maximum Gasteiger partial charge on any atom is 0.251 e. The predicted molar refractivity (Wildman–Crippen MR) is 87.7 cm³/mol. The lowest BCUT2D eigenvalue weighted by Gasteiger charge is -2.14. The minimum Gasteiger partial charge on any atom is -0.493 e. The van der Waals surface area contributed by atoms with Crippen LogP contribution in [0.25, 0.3) is 6.08 Å². The topological polar surface area (TPSA) is 64.8 Å². The van der Waals surface area contributed by atoms with Gasteiger partial charge in [0.1, 0.15) is 6.26 Å². The van der Waals surface area contributed by atoms with Gasteiger partial charge in [-0.05, 0) is 37.6 Å². The number of methoxy groups -OCH3 is 1. The zero-order valence-corrected chi connectivity index (χ0v) is 13.6. The number of carbonyl (C=O) groups excluding carboxylic acids is 1. The maximum absolute atomic E-state index is 12.1. The summed E-state index contributed by atoms with van der Waals surface area (Å²) >= 11 is 0. The lowest BCUT2D eigenvalue weighted by Crippen LogP contribution is -2.24. The van der Waals surface area contributed by atoms with E-state index in [1.54, 1.807) is 26.3 Å². The number of ether oxygens (including phenoxy) is 2. The van der Waals surface area contributed by atoms with Crippen LogP contribution in [0.2, 0.25) is 0 Å². The van der Waals surface area contributed by atoms with E-state index >= 15 is 0 Å². The molecule has 0 fully saturated rings. The molecule has 1 aromatic heterocycles. The molecule has 1 heterocycles. The number of amides is 1. The van der Waals surface area contributed by atoms with Crippen molar-refractivity contribution in [1.29, 1.82) is 0 Å². The molecule has 6 nitrogen and oxygen atoms in total. The van der Waals surface area contributed by atoms with Crippen molar-refractivity contribution in [2.45, 2.75) is 20.0 Å². The molecule has 1 amide bonds. The summed E-state index contributed by atoms with van der Waals surface area (Å²) in [5, 5.41) is 3.72. The molecule has 0 aliphatic rings. The largest absolute Gasteiger partial charge is 0.493 e. The zero-order chi connectivity index (χ0) is 16.8. The first-order chi connectivity index (χ1) is 11.0. The Hall–Kier alpha value is -2.76. The van der Waals surface area contributed by atoms with Gasteiger partial charge in [0.15, 0.2) is 17.3 Å². The van der Waals surface area contributed by atoms with Crippen LogP contribution in [0.3, 0.4) is 0 Å². The van der Waals surface area contributed by atoms with Crippen LogP contribution in [0.15, 0.2) is 41.1 Å². The average Bonchev–Trinajstić information content (AvgIpc) is 3.06. The zero-order valence-electron chi connectivity index (χ0n) is 13.6. The van der Waals surface area contributed by atoms with Gasteiger partial charge in [-0.25, -0.2) is 0 Å². The lowest BCUT2D eigenvalue weighted by molar-refractivity contribution is -0.113. The van der Waals surface area contributed by atoms with Gasteiger partial charge in [0.2, 0.25) is 0 Å². The van der Waals surface area contributed by atoms with Crippen LogP contribution in [0, 0.1) is 0 Å². The monoisotopic (exact) mass is 316 g/mol. The highest BCUT2D eigenvalue weighted by atomic mass is 16.5. The number of benzene rings is 1. The van der Waals surface area contributed by atoms with Gasteiger partial charge in [0, 0.05) is 19.2 Å². The fraction of sp³-hybridized carbons (Fsp3) is 0.294. The number of anilines is 1. The second-order valence-corrected chi connectivity index (χ2v) is 5.17. The molecule has 0 aliphatic carbocycles. The fourth-order valence-electron chi connectivity index (χ4n) is 1.91. The fourth-order valence-corrected chi connectivity index (χ4v) is 1.91. The molecule has 1 aromatic carbocycles. The Morgan fingerprint density at radius 2 is 2.09 bits per heavy atom. The summed E-state index contributed by atoms with van der Waals surface area (Å²) in [5.41, 5.74) is 0.833. The molecule has 2 aromatic rings. The van der Waals surface area contributed by atoms with E-state index in [-0.39, 0.29) is 12.0 Å². The summed E-state index contributed by atoms with van der Waals surface area (Å²) in [7, 11) is 3.21. The van der Waals surface area contributed by atoms with Gasteiger partial charge < -0.3 is 14.0 Å². The van der Waals surface area contributed by atoms with Crippen molar-refractivity contribution >= 4 is 17.8 Å². The summed E-state index contributed by atoms with van der Waals surface area (Å²) in [6, 6.07) is 7.12. The molecule has 0 aliphatic heterocycles. The van der Waals surface area contributed by atoms with E-state index in [9.17, 15) is 4.79 Å². The second kappa shape index (κ2) is 7.49. The van der Waals surface area contributed by atoms with E-state index in [0.29, 0.717) is 17.3 Å². The summed E-state index contributed by atoms with van der Waals surface area (Å²) < 4.78 is 15.7. The third-order valence-electron chi connectivity index (χ3n) is 3.07. The van der Waals surface area contributed by atoms with E-state index in [4.69, 9.17) is 14.0 Å². The Morgan fingerprint density at radius 1 is 1.30 bits per heavy atom. The number of nitrogens with zero attached hydrogens (tertiary/aromatic N) is 2. The number of hydrogen-bond acceptors (Lipinski definition) is 5. The molecular weight excluding hydrogens is 296 g/mol. The molecule has 2 rings (SSSR count). The molecular formula is C17H20N2O4. The SMILES string of the molecule is COc1cc(/C=C/C(=O)N(C)c2ccon2)ccc1OC(C)C. The first kappa shape index (κ1) is 16.6. The number of likely N-dealkylation sites (N-methyl/N-ethyl adjacent to an activating group) is 1. The van der Waals surface area contributed by atoms with Crippen molar-refractivity contribution in [1.82, 2.24) is 5.16 Å². The normalized spacial score (nSPS) is 11.0. The highest BCUT2D eigenvalue weighted by molar-refractivity contribution is 6.02. The van der Waals surface area contributed by atoms with Crippen LogP contribution in [0.1, 0.15) is 19.4 Å². The minimum absolute atomic E-state index is 0.0583. The number of aromatic nitrogens is 1. The molecule has 0 bridgehead atoms. The molecule has 0 N–H and O–H groups in total. The van der Waals surface area contributed by atoms with Gasteiger partial charge in [-0.3, -0.25) is 9.69 Å². The van der Waals surface area contributed by atoms with Crippen LogP contribution < -0.4 is 14.4 Å². The van der Waals surface area contributed by atoms with Crippen molar-refractivity contribution in [3.63, 3.8) is 0 Å². The highest BCUT2D eigenvalue weighted by Gasteiger charge is 2.11. The van der Waals surface area contributed by atoms with Gasteiger partial charge >= 0.3 is 0 Å². The van der Waals surface area contributed by atoms with E-state index in [2.05, 4.69) is 5.16 Å². The minimum atomic E-state index is -0.208. The van der Waals surface area contributed by atoms with E-state index in [0.717, 1.165) is 5.56 Å². The number of hydrogen-bond donors (Lipinski definition) is 0. The van der Waals surface area contributed by atoms with E-state index in [1.165, 1.54) is 17.2 Å². The van der Waals surface area contributed by atoms with Crippen molar-refractivity contribution in [2.75, 3.05) is 19.1 Å². The van der Waals surface area contributed by atoms with E-state index in [1.807, 2.05) is 32.0 Å². The summed E-state index contributed by atoms with van der Waals surface area (Å²) in [4.78, 5) is 13.5. The highest BCUT2D eigenvalue weighted by Crippen LogP contribution is 2.29. The predicted octanol–water partition coefficient (Wildman–Crippen LogP) is 3.15. The van der Waals surface area contributed by atoms with Gasteiger partial charge in [0.25, 0.3) is 5.91 Å². The Balaban J connectivity index is 2.11. The molecule has 23 heavy (non-hydrogen) atoms. The van der Waals surface area contributed by atoms with Crippen LogP contribution in [0.4, 0.5) is 5.82 Å². The van der Waals surface area contributed by atoms with Crippen LogP contribution in [-0.2, 0) is 4.79 Å². The van der Waals surface area contributed by atoms with Crippen molar-refractivity contribution in [3.8, 4) is 11.5 Å². The smallest absolute Gasteiger partial charge is 0.251 e. The molecule has 0 spiro atoms. The molecule has 0 radical (unpaired) electrons. The second-order valence-electron chi connectivity index (χ2n) is 5.17. The molecule has 0 saturated carbocycles. The molecule has 0 atom stereocenters. The van der Waals surface area contributed by atoms with E-state index < -0.39 is 0 Å². The molecule has 6 heteroatoms. The van der Waals surface area contributed by atoms with Crippen molar-refractivity contribution < 1.29 is 18.8 Å². The molecule has 0 saturated heterocycles. The first-order valence-electron chi connectivity index (χ1n) is 7.22.